The first-order chi connectivity index (χ1) is 12.2. The number of benzene rings is 1. The quantitative estimate of drug-likeness (QED) is 0.760. The number of H-pyrrole nitrogens is 1. The van der Waals surface area contributed by atoms with Gasteiger partial charge >= 0.3 is 6.18 Å². The van der Waals surface area contributed by atoms with E-state index in [2.05, 4.69) is 10.6 Å². The molecule has 2 heterocycles. The Bertz CT molecular complexity index is 927. The third kappa shape index (κ3) is 3.90. The molecule has 0 saturated carbocycles. The first kappa shape index (κ1) is 18.1. The number of rotatable bonds is 3. The smallest absolute Gasteiger partial charge is 0.327 e. The fourth-order valence-corrected chi connectivity index (χ4v) is 3.45. The van der Waals surface area contributed by atoms with Gasteiger partial charge in [-0.25, -0.2) is 0 Å². The number of alkyl halides is 3. The Kier molecular flexibility index (Phi) is 4.77. The summed E-state index contributed by atoms with van der Waals surface area (Å²) in [4.78, 5) is 38.5. The highest BCUT2D eigenvalue weighted by molar-refractivity contribution is 8.01. The van der Waals surface area contributed by atoms with Gasteiger partial charge in [0.25, 0.3) is 5.56 Å². The van der Waals surface area contributed by atoms with Crippen LogP contribution in [0.2, 0.25) is 0 Å². The summed E-state index contributed by atoms with van der Waals surface area (Å²) in [6.07, 6.45) is -4.42. The van der Waals surface area contributed by atoms with Crippen LogP contribution in [0, 0.1) is 0 Å². The molecule has 1 aliphatic heterocycles. The van der Waals surface area contributed by atoms with Crippen LogP contribution in [0.25, 0.3) is 0 Å². The molecular weight excluding hydrogens is 371 g/mol. The maximum absolute atomic E-state index is 12.7. The number of hydrogen-bond donors (Lipinski definition) is 3. The monoisotopic (exact) mass is 383 g/mol. The normalized spacial score (nSPS) is 16.6. The van der Waals surface area contributed by atoms with Crippen molar-refractivity contribution in [2.45, 2.75) is 22.7 Å². The van der Waals surface area contributed by atoms with Crippen molar-refractivity contribution >= 4 is 35.0 Å². The number of anilines is 2. The van der Waals surface area contributed by atoms with Gasteiger partial charge in [0.2, 0.25) is 11.8 Å². The van der Waals surface area contributed by atoms with E-state index in [4.69, 9.17) is 0 Å². The first-order valence-corrected chi connectivity index (χ1v) is 8.28. The molecular formula is C16H12F3N3O3S. The molecule has 0 aliphatic carbocycles. The maximum Gasteiger partial charge on any atom is 0.417 e. The van der Waals surface area contributed by atoms with Crippen LogP contribution >= 0.6 is 11.8 Å². The third-order valence-corrected chi connectivity index (χ3v) is 4.86. The molecule has 1 aromatic heterocycles. The van der Waals surface area contributed by atoms with E-state index in [1.807, 2.05) is 4.98 Å². The van der Waals surface area contributed by atoms with E-state index in [0.29, 0.717) is 18.0 Å². The number of hydrogen-bond acceptors (Lipinski definition) is 4. The van der Waals surface area contributed by atoms with Gasteiger partial charge in [0.05, 0.1) is 16.5 Å². The highest BCUT2D eigenvalue weighted by atomic mass is 32.2. The molecule has 6 nitrogen and oxygen atoms in total. The molecule has 0 radical (unpaired) electrons. The number of thioether (sulfide) groups is 1. The summed E-state index contributed by atoms with van der Waals surface area (Å²) in [7, 11) is 0. The highest BCUT2D eigenvalue weighted by Crippen LogP contribution is 2.36. The molecule has 136 valence electrons. The summed E-state index contributed by atoms with van der Waals surface area (Å²) < 4.78 is 38.1. The van der Waals surface area contributed by atoms with Gasteiger partial charge < -0.3 is 15.6 Å². The lowest BCUT2D eigenvalue weighted by atomic mass is 10.2. The topological polar surface area (TPSA) is 91.1 Å². The number of pyridine rings is 1. The second-order valence-corrected chi connectivity index (χ2v) is 6.72. The van der Waals surface area contributed by atoms with Crippen molar-refractivity contribution in [1.82, 2.24) is 4.98 Å². The van der Waals surface area contributed by atoms with Gasteiger partial charge in [0, 0.05) is 17.5 Å². The zero-order valence-electron chi connectivity index (χ0n) is 13.0. The Morgan fingerprint density at radius 2 is 1.96 bits per heavy atom. The standard InChI is InChI=1S/C16H12F3N3O3S/c17-16(18,19)8-5-10(14(24)20-7-8)21-13(23)6-12-15(25)22-9-3-1-2-4-11(9)26-12/h1-5,7,12H,6H2,(H,20,24)(H,21,23)(H,22,25). The zero-order valence-corrected chi connectivity index (χ0v) is 13.8. The van der Waals surface area contributed by atoms with Crippen molar-refractivity contribution in [2.75, 3.05) is 10.6 Å². The second kappa shape index (κ2) is 6.87. The van der Waals surface area contributed by atoms with E-state index in [1.54, 1.807) is 24.3 Å². The number of nitrogens with one attached hydrogen (secondary N) is 3. The lowest BCUT2D eigenvalue weighted by Crippen LogP contribution is -2.33. The number of aromatic amines is 1. The Balaban J connectivity index is 1.72. The van der Waals surface area contributed by atoms with Crippen LogP contribution in [0.15, 0.2) is 46.2 Å². The Morgan fingerprint density at radius 1 is 1.23 bits per heavy atom. The summed E-state index contributed by atoms with van der Waals surface area (Å²) in [5, 5.41) is 4.05. The molecule has 0 bridgehead atoms. The molecule has 0 fully saturated rings. The fourth-order valence-electron chi connectivity index (χ4n) is 2.34. The van der Waals surface area contributed by atoms with Crippen molar-refractivity contribution in [3.8, 4) is 0 Å². The number of halogens is 3. The van der Waals surface area contributed by atoms with E-state index < -0.39 is 34.1 Å². The lowest BCUT2D eigenvalue weighted by Gasteiger charge is -2.23. The zero-order chi connectivity index (χ0) is 18.9. The minimum atomic E-state index is -4.66. The molecule has 0 spiro atoms. The van der Waals surface area contributed by atoms with E-state index in [1.165, 1.54) is 11.8 Å². The molecule has 1 unspecified atom stereocenters. The van der Waals surface area contributed by atoms with Crippen LogP contribution < -0.4 is 16.2 Å². The molecule has 2 amide bonds. The number of carbonyl (C=O) groups excluding carboxylic acids is 2. The van der Waals surface area contributed by atoms with Gasteiger partial charge in [-0.15, -0.1) is 11.8 Å². The molecule has 1 aliphatic rings. The van der Waals surface area contributed by atoms with Crippen molar-refractivity contribution in [2.24, 2.45) is 0 Å². The van der Waals surface area contributed by atoms with Gasteiger partial charge in [-0.05, 0) is 18.2 Å². The minimum Gasteiger partial charge on any atom is -0.327 e. The molecule has 1 aromatic carbocycles. The van der Waals surface area contributed by atoms with Crippen molar-refractivity contribution < 1.29 is 22.8 Å². The van der Waals surface area contributed by atoms with Crippen LogP contribution in [-0.2, 0) is 15.8 Å². The van der Waals surface area contributed by atoms with E-state index >= 15 is 0 Å². The van der Waals surface area contributed by atoms with Crippen LogP contribution in [0.4, 0.5) is 24.5 Å². The predicted octanol–water partition coefficient (Wildman–Crippen LogP) is 2.84. The number of fused-ring (bicyclic) bond motifs is 1. The highest BCUT2D eigenvalue weighted by Gasteiger charge is 2.32. The Hall–Kier alpha value is -2.75. The summed E-state index contributed by atoms with van der Waals surface area (Å²) in [5.74, 6) is -1.12. The maximum atomic E-state index is 12.7. The Morgan fingerprint density at radius 3 is 2.69 bits per heavy atom. The number of aromatic nitrogens is 1. The average Bonchev–Trinajstić information content (AvgIpc) is 2.56. The van der Waals surface area contributed by atoms with Gasteiger partial charge in [-0.2, -0.15) is 13.2 Å². The molecule has 0 saturated heterocycles. The third-order valence-electron chi connectivity index (χ3n) is 3.58. The minimum absolute atomic E-state index is 0.291. The van der Waals surface area contributed by atoms with Crippen LogP contribution in [0.3, 0.4) is 0 Å². The van der Waals surface area contributed by atoms with Crippen molar-refractivity contribution in [1.29, 1.82) is 0 Å². The van der Waals surface area contributed by atoms with Gasteiger partial charge in [0.15, 0.2) is 0 Å². The summed E-state index contributed by atoms with van der Waals surface area (Å²) >= 11 is 1.18. The first-order valence-electron chi connectivity index (χ1n) is 7.40. The molecule has 2 aromatic rings. The molecule has 3 N–H and O–H groups in total. The summed E-state index contributed by atoms with van der Waals surface area (Å²) in [6.45, 7) is 0. The SMILES string of the molecule is O=C(CC1Sc2ccccc2NC1=O)Nc1cc(C(F)(F)F)c[nH]c1=O. The molecule has 10 heteroatoms. The lowest BCUT2D eigenvalue weighted by molar-refractivity contribution is -0.137. The predicted molar refractivity (Wildman–Crippen MR) is 90.0 cm³/mol. The van der Waals surface area contributed by atoms with Crippen molar-refractivity contribution in [3.05, 3.63) is 52.4 Å². The van der Waals surface area contributed by atoms with Crippen LogP contribution in [-0.4, -0.2) is 22.0 Å². The summed E-state index contributed by atoms with van der Waals surface area (Å²) in [6, 6.07) is 7.59. The second-order valence-electron chi connectivity index (χ2n) is 5.47. The van der Waals surface area contributed by atoms with E-state index in [0.717, 1.165) is 4.90 Å². The molecule has 1 atom stereocenters. The van der Waals surface area contributed by atoms with E-state index in [-0.39, 0.29) is 12.3 Å². The largest absolute Gasteiger partial charge is 0.417 e. The van der Waals surface area contributed by atoms with Gasteiger partial charge in [-0.3, -0.25) is 14.4 Å². The number of amides is 2. The summed E-state index contributed by atoms with van der Waals surface area (Å²) in [5.41, 5.74) is -1.84. The van der Waals surface area contributed by atoms with Gasteiger partial charge in [0.1, 0.15) is 5.69 Å². The Labute approximate surface area is 149 Å². The van der Waals surface area contributed by atoms with Crippen molar-refractivity contribution in [3.63, 3.8) is 0 Å². The number of carbonyl (C=O) groups is 2. The van der Waals surface area contributed by atoms with Crippen LogP contribution in [0.5, 0.6) is 0 Å². The molecule has 3 rings (SSSR count). The van der Waals surface area contributed by atoms with E-state index in [9.17, 15) is 27.6 Å². The fraction of sp³-hybridized carbons (Fsp3) is 0.188. The van der Waals surface area contributed by atoms with Crippen LogP contribution in [0.1, 0.15) is 12.0 Å². The average molecular weight is 383 g/mol. The van der Waals surface area contributed by atoms with Gasteiger partial charge in [-0.1, -0.05) is 12.1 Å². The number of para-hydroxylation sites is 1. The molecule has 26 heavy (non-hydrogen) atoms.